The van der Waals surface area contributed by atoms with Crippen LogP contribution in [0.25, 0.3) is 0 Å². The lowest BCUT2D eigenvalue weighted by atomic mass is 10.1. The Bertz CT molecular complexity index is 781. The highest BCUT2D eigenvalue weighted by Crippen LogP contribution is 2.22. The van der Waals surface area contributed by atoms with Gasteiger partial charge in [0.25, 0.3) is 0 Å². The molecule has 24 heavy (non-hydrogen) atoms. The molecule has 0 saturated carbocycles. The summed E-state index contributed by atoms with van der Waals surface area (Å²) in [5.74, 6) is 0. The van der Waals surface area contributed by atoms with Crippen molar-refractivity contribution in [3.63, 3.8) is 0 Å². The van der Waals surface area contributed by atoms with Crippen LogP contribution in [0.5, 0.6) is 0 Å². The van der Waals surface area contributed by atoms with Crippen LogP contribution in [0.1, 0.15) is 12.5 Å². The normalized spacial score (nSPS) is 16.3. The van der Waals surface area contributed by atoms with Crippen molar-refractivity contribution in [3.05, 3.63) is 57.7 Å². The number of sulfonamides is 1. The average Bonchev–Trinajstić information content (AvgIpc) is 2.62. The number of halogens is 1. The number of hydrogen-bond donors (Lipinski definition) is 0. The van der Waals surface area contributed by atoms with E-state index in [2.05, 4.69) is 58.7 Å². The van der Waals surface area contributed by atoms with Crippen molar-refractivity contribution < 1.29 is 8.42 Å². The maximum absolute atomic E-state index is 12.7. The summed E-state index contributed by atoms with van der Waals surface area (Å²) in [6.07, 6.45) is 1.03. The molecule has 1 aliphatic rings. The predicted molar refractivity (Wildman–Crippen MR) is 106 cm³/mol. The van der Waals surface area contributed by atoms with Crippen LogP contribution >= 0.6 is 22.6 Å². The van der Waals surface area contributed by atoms with Gasteiger partial charge in [-0.2, -0.15) is 4.31 Å². The van der Waals surface area contributed by atoms with E-state index in [1.165, 1.54) is 11.3 Å². The second-order valence-electron chi connectivity index (χ2n) is 5.87. The van der Waals surface area contributed by atoms with Gasteiger partial charge < -0.3 is 4.90 Å². The predicted octanol–water partition coefficient (Wildman–Crippen LogP) is 3.36. The van der Waals surface area contributed by atoms with Crippen molar-refractivity contribution in [2.45, 2.75) is 18.2 Å². The minimum Gasteiger partial charge on any atom is -0.369 e. The SMILES string of the molecule is CCc1ccc(N2CCN(S(=O)(=O)c3ccc(I)cc3)CC2)cc1. The van der Waals surface area contributed by atoms with Gasteiger partial charge in [0.15, 0.2) is 0 Å². The summed E-state index contributed by atoms with van der Waals surface area (Å²) < 4.78 is 28.1. The molecule has 0 aliphatic carbocycles. The second-order valence-corrected chi connectivity index (χ2v) is 9.05. The molecule has 0 aromatic heterocycles. The zero-order valence-corrected chi connectivity index (χ0v) is 16.6. The van der Waals surface area contributed by atoms with Crippen LogP contribution in [0.3, 0.4) is 0 Å². The molecule has 1 aliphatic heterocycles. The van der Waals surface area contributed by atoms with Gasteiger partial charge in [0.1, 0.15) is 0 Å². The van der Waals surface area contributed by atoms with E-state index in [1.807, 2.05) is 12.1 Å². The quantitative estimate of drug-likeness (QED) is 0.663. The van der Waals surface area contributed by atoms with Crippen molar-refractivity contribution in [2.75, 3.05) is 31.1 Å². The van der Waals surface area contributed by atoms with Crippen molar-refractivity contribution in [1.82, 2.24) is 4.31 Å². The zero-order valence-electron chi connectivity index (χ0n) is 13.7. The second kappa shape index (κ2) is 7.41. The Morgan fingerprint density at radius 1 is 0.917 bits per heavy atom. The summed E-state index contributed by atoms with van der Waals surface area (Å²) in [5, 5.41) is 0. The molecule has 0 radical (unpaired) electrons. The van der Waals surface area contributed by atoms with Crippen LogP contribution in [0.4, 0.5) is 5.69 Å². The molecule has 1 fully saturated rings. The maximum atomic E-state index is 12.7. The van der Waals surface area contributed by atoms with E-state index in [0.29, 0.717) is 18.0 Å². The summed E-state index contributed by atoms with van der Waals surface area (Å²) in [6, 6.07) is 15.6. The van der Waals surface area contributed by atoms with E-state index in [-0.39, 0.29) is 0 Å². The molecule has 0 N–H and O–H groups in total. The lowest BCUT2D eigenvalue weighted by Gasteiger charge is -2.35. The number of hydrogen-bond acceptors (Lipinski definition) is 3. The summed E-state index contributed by atoms with van der Waals surface area (Å²) in [6.45, 7) is 4.61. The Hall–Kier alpha value is -1.12. The summed E-state index contributed by atoms with van der Waals surface area (Å²) in [7, 11) is -3.39. The number of aryl methyl sites for hydroxylation is 1. The monoisotopic (exact) mass is 456 g/mol. The van der Waals surface area contributed by atoms with Gasteiger partial charge in [-0.1, -0.05) is 19.1 Å². The first kappa shape index (κ1) is 17.7. The molecule has 4 nitrogen and oxygen atoms in total. The zero-order chi connectivity index (χ0) is 17.2. The molecule has 1 heterocycles. The standard InChI is InChI=1S/C18H21IN2O2S/c1-2-15-3-7-17(8-4-15)20-11-13-21(14-12-20)24(22,23)18-9-5-16(19)6-10-18/h3-10H,2,11-14H2,1H3. The summed E-state index contributed by atoms with van der Waals surface area (Å²) in [5.41, 5.74) is 2.48. The first-order valence-electron chi connectivity index (χ1n) is 8.10. The third kappa shape index (κ3) is 3.75. The van der Waals surface area contributed by atoms with Gasteiger partial charge in [0, 0.05) is 35.4 Å². The molecule has 3 rings (SSSR count). The van der Waals surface area contributed by atoms with Crippen LogP contribution < -0.4 is 4.90 Å². The van der Waals surface area contributed by atoms with E-state index in [4.69, 9.17) is 0 Å². The Balaban J connectivity index is 1.68. The third-order valence-electron chi connectivity index (χ3n) is 4.40. The van der Waals surface area contributed by atoms with E-state index < -0.39 is 10.0 Å². The van der Waals surface area contributed by atoms with Gasteiger partial charge in [-0.3, -0.25) is 0 Å². The first-order chi connectivity index (χ1) is 11.5. The van der Waals surface area contributed by atoms with Gasteiger partial charge in [-0.25, -0.2) is 8.42 Å². The highest BCUT2D eigenvalue weighted by atomic mass is 127. The van der Waals surface area contributed by atoms with Gasteiger partial charge >= 0.3 is 0 Å². The third-order valence-corrected chi connectivity index (χ3v) is 7.03. The number of anilines is 1. The molecule has 1 saturated heterocycles. The van der Waals surface area contributed by atoms with E-state index in [1.54, 1.807) is 16.4 Å². The molecule has 6 heteroatoms. The fourth-order valence-electron chi connectivity index (χ4n) is 2.88. The number of nitrogens with zero attached hydrogens (tertiary/aromatic N) is 2. The topological polar surface area (TPSA) is 40.6 Å². The maximum Gasteiger partial charge on any atom is 0.243 e. The molecule has 2 aromatic rings. The molecule has 128 valence electrons. The smallest absolute Gasteiger partial charge is 0.243 e. The van der Waals surface area contributed by atoms with E-state index >= 15 is 0 Å². The van der Waals surface area contributed by atoms with E-state index in [9.17, 15) is 8.42 Å². The van der Waals surface area contributed by atoms with Crippen LogP contribution in [-0.4, -0.2) is 38.9 Å². The van der Waals surface area contributed by atoms with Gasteiger partial charge in [0.05, 0.1) is 4.90 Å². The van der Waals surface area contributed by atoms with Gasteiger partial charge in [-0.15, -0.1) is 0 Å². The molecule has 0 unspecified atom stereocenters. The summed E-state index contributed by atoms with van der Waals surface area (Å²) in [4.78, 5) is 2.63. The van der Waals surface area contributed by atoms with Crippen molar-refractivity contribution in [1.29, 1.82) is 0 Å². The minimum absolute atomic E-state index is 0.378. The molecule has 0 amide bonds. The van der Waals surface area contributed by atoms with Crippen LogP contribution in [0, 0.1) is 3.57 Å². The minimum atomic E-state index is -3.39. The Kier molecular flexibility index (Phi) is 5.46. The molecule has 0 bridgehead atoms. The van der Waals surface area contributed by atoms with Crippen molar-refractivity contribution in [2.24, 2.45) is 0 Å². The average molecular weight is 456 g/mol. The van der Waals surface area contributed by atoms with Crippen LogP contribution in [0.15, 0.2) is 53.4 Å². The van der Waals surface area contributed by atoms with Crippen molar-refractivity contribution >= 4 is 38.3 Å². The van der Waals surface area contributed by atoms with Crippen LogP contribution in [-0.2, 0) is 16.4 Å². The molecule has 0 atom stereocenters. The van der Waals surface area contributed by atoms with Gasteiger partial charge in [0.2, 0.25) is 10.0 Å². The molecule has 2 aromatic carbocycles. The van der Waals surface area contributed by atoms with E-state index in [0.717, 1.165) is 23.1 Å². The molecule has 0 spiro atoms. The number of rotatable bonds is 4. The fraction of sp³-hybridized carbons (Fsp3) is 0.333. The molecular weight excluding hydrogens is 435 g/mol. The number of piperazine rings is 1. The Labute approximate surface area is 157 Å². The lowest BCUT2D eigenvalue weighted by molar-refractivity contribution is 0.385. The van der Waals surface area contributed by atoms with Crippen molar-refractivity contribution in [3.8, 4) is 0 Å². The Morgan fingerprint density at radius 3 is 2.04 bits per heavy atom. The largest absolute Gasteiger partial charge is 0.369 e. The first-order valence-corrected chi connectivity index (χ1v) is 10.6. The number of benzene rings is 2. The highest BCUT2D eigenvalue weighted by molar-refractivity contribution is 14.1. The lowest BCUT2D eigenvalue weighted by Crippen LogP contribution is -2.48. The Morgan fingerprint density at radius 2 is 1.50 bits per heavy atom. The summed E-state index contributed by atoms with van der Waals surface area (Å²) >= 11 is 2.18. The van der Waals surface area contributed by atoms with Gasteiger partial charge in [-0.05, 0) is 71.0 Å². The molecular formula is C18H21IN2O2S. The highest BCUT2D eigenvalue weighted by Gasteiger charge is 2.28. The fourth-order valence-corrected chi connectivity index (χ4v) is 4.67. The van der Waals surface area contributed by atoms with Crippen LogP contribution in [0.2, 0.25) is 0 Å².